The first kappa shape index (κ1) is 12.8. The van der Waals surface area contributed by atoms with Gasteiger partial charge in [-0.1, -0.05) is 15.9 Å². The summed E-state index contributed by atoms with van der Waals surface area (Å²) in [6.45, 7) is 7.91. The summed E-state index contributed by atoms with van der Waals surface area (Å²) in [5.41, 5.74) is -0.411. The van der Waals surface area contributed by atoms with E-state index >= 15 is 0 Å². The Kier molecular flexibility index (Phi) is 4.40. The number of piperazine rings is 1. The van der Waals surface area contributed by atoms with Gasteiger partial charge in [-0.2, -0.15) is 0 Å². The summed E-state index contributed by atoms with van der Waals surface area (Å²) >= 11 is 3.41. The highest BCUT2D eigenvalue weighted by Gasteiger charge is 2.26. The Morgan fingerprint density at radius 3 is 2.80 bits per heavy atom. The van der Waals surface area contributed by atoms with Crippen molar-refractivity contribution in [2.75, 3.05) is 25.0 Å². The molecule has 1 N–H and O–H groups in total. The lowest BCUT2D eigenvalue weighted by Gasteiger charge is -2.34. The number of nitrogens with one attached hydrogen (secondary N) is 1. The predicted molar refractivity (Wildman–Crippen MR) is 63.4 cm³/mol. The van der Waals surface area contributed by atoms with E-state index in [2.05, 4.69) is 21.2 Å². The molecule has 15 heavy (non-hydrogen) atoms. The highest BCUT2D eigenvalue weighted by Crippen LogP contribution is 2.11. The lowest BCUT2D eigenvalue weighted by molar-refractivity contribution is 0.0203. The van der Waals surface area contributed by atoms with E-state index in [1.165, 1.54) is 0 Å². The summed E-state index contributed by atoms with van der Waals surface area (Å²) in [7, 11) is 0. The molecule has 0 saturated carbocycles. The van der Waals surface area contributed by atoms with E-state index in [9.17, 15) is 4.79 Å². The second-order valence-electron chi connectivity index (χ2n) is 4.73. The Bertz CT molecular complexity index is 228. The summed E-state index contributed by atoms with van der Waals surface area (Å²) in [6, 6.07) is 0.325. The zero-order valence-corrected chi connectivity index (χ0v) is 11.1. The zero-order chi connectivity index (χ0) is 11.5. The molecule has 0 aromatic heterocycles. The van der Waals surface area contributed by atoms with Gasteiger partial charge in [0.05, 0.1) is 0 Å². The first-order valence-electron chi connectivity index (χ1n) is 5.19. The molecule has 1 saturated heterocycles. The van der Waals surface area contributed by atoms with Gasteiger partial charge in [0, 0.05) is 31.0 Å². The first-order valence-corrected chi connectivity index (χ1v) is 6.32. The quantitative estimate of drug-likeness (QED) is 0.741. The molecule has 88 valence electrons. The Hall–Kier alpha value is -0.290. The van der Waals surface area contributed by atoms with Crippen LogP contribution in [0.15, 0.2) is 0 Å². The molecule has 5 heteroatoms. The Balaban J connectivity index is 2.45. The molecule has 1 amide bonds. The standard InChI is InChI=1S/C10H19BrN2O2/c1-10(2,3)15-9(14)13-5-4-12-8(6-11)7-13/h8,12H,4-7H2,1-3H3. The van der Waals surface area contributed by atoms with Crippen LogP contribution in [0.1, 0.15) is 20.8 Å². The van der Waals surface area contributed by atoms with E-state index in [0.717, 1.165) is 18.4 Å². The van der Waals surface area contributed by atoms with E-state index in [0.29, 0.717) is 12.6 Å². The molecular weight excluding hydrogens is 260 g/mol. The fourth-order valence-electron chi connectivity index (χ4n) is 1.42. The smallest absolute Gasteiger partial charge is 0.410 e. The van der Waals surface area contributed by atoms with E-state index < -0.39 is 5.60 Å². The first-order chi connectivity index (χ1) is 6.92. The van der Waals surface area contributed by atoms with Gasteiger partial charge in [0.15, 0.2) is 0 Å². The lowest BCUT2D eigenvalue weighted by atomic mass is 10.2. The van der Waals surface area contributed by atoms with Crippen molar-refractivity contribution in [3.05, 3.63) is 0 Å². The zero-order valence-electron chi connectivity index (χ0n) is 9.55. The summed E-state index contributed by atoms with van der Waals surface area (Å²) < 4.78 is 5.31. The van der Waals surface area contributed by atoms with Crippen molar-refractivity contribution in [3.63, 3.8) is 0 Å². The van der Waals surface area contributed by atoms with E-state index in [1.54, 1.807) is 4.90 Å². The number of hydrogen-bond acceptors (Lipinski definition) is 3. The number of nitrogens with zero attached hydrogens (tertiary/aromatic N) is 1. The minimum absolute atomic E-state index is 0.213. The largest absolute Gasteiger partial charge is 0.444 e. The van der Waals surface area contributed by atoms with Gasteiger partial charge in [0.1, 0.15) is 5.60 Å². The number of rotatable bonds is 1. The molecule has 4 nitrogen and oxygen atoms in total. The molecule has 1 aliphatic rings. The van der Waals surface area contributed by atoms with Crippen LogP contribution in [0, 0.1) is 0 Å². The summed E-state index contributed by atoms with van der Waals surface area (Å²) in [4.78, 5) is 13.5. The molecule has 0 spiro atoms. The number of hydrogen-bond donors (Lipinski definition) is 1. The van der Waals surface area contributed by atoms with Crippen molar-refractivity contribution >= 4 is 22.0 Å². The number of halogens is 1. The van der Waals surface area contributed by atoms with Gasteiger partial charge in [-0.05, 0) is 20.8 Å². The average molecular weight is 279 g/mol. The van der Waals surface area contributed by atoms with E-state index in [-0.39, 0.29) is 6.09 Å². The van der Waals surface area contributed by atoms with Gasteiger partial charge in [-0.25, -0.2) is 4.79 Å². The van der Waals surface area contributed by atoms with Crippen LogP contribution >= 0.6 is 15.9 Å². The molecule has 1 unspecified atom stereocenters. The minimum atomic E-state index is -0.411. The normalized spacial score (nSPS) is 22.7. The van der Waals surface area contributed by atoms with Crippen molar-refractivity contribution in [1.82, 2.24) is 10.2 Å². The summed E-state index contributed by atoms with van der Waals surface area (Å²) in [5, 5.41) is 4.17. The highest BCUT2D eigenvalue weighted by atomic mass is 79.9. The van der Waals surface area contributed by atoms with Crippen LogP contribution in [0.4, 0.5) is 4.79 Å². The summed E-state index contributed by atoms with van der Waals surface area (Å²) in [5.74, 6) is 0. The molecule has 0 bridgehead atoms. The van der Waals surface area contributed by atoms with Crippen molar-refractivity contribution in [1.29, 1.82) is 0 Å². The fourth-order valence-corrected chi connectivity index (χ4v) is 1.85. The predicted octanol–water partition coefficient (Wildman–Crippen LogP) is 1.59. The molecule has 0 radical (unpaired) electrons. The molecule has 1 aliphatic heterocycles. The molecule has 1 rings (SSSR count). The maximum Gasteiger partial charge on any atom is 0.410 e. The number of carbonyl (C=O) groups excluding carboxylic acids is 1. The molecule has 0 aromatic rings. The number of amides is 1. The second-order valence-corrected chi connectivity index (χ2v) is 5.38. The van der Waals surface area contributed by atoms with Crippen molar-refractivity contribution < 1.29 is 9.53 Å². The van der Waals surface area contributed by atoms with Crippen LogP contribution in [0.5, 0.6) is 0 Å². The van der Waals surface area contributed by atoms with Gasteiger partial charge in [0.2, 0.25) is 0 Å². The van der Waals surface area contributed by atoms with Gasteiger partial charge >= 0.3 is 6.09 Å². The maximum atomic E-state index is 11.7. The monoisotopic (exact) mass is 278 g/mol. The van der Waals surface area contributed by atoms with Crippen molar-refractivity contribution in [3.8, 4) is 0 Å². The Labute approximate surface area is 99.5 Å². The van der Waals surface area contributed by atoms with Crippen LogP contribution < -0.4 is 5.32 Å². The molecule has 1 fully saturated rings. The number of ether oxygens (including phenoxy) is 1. The number of carbonyl (C=O) groups is 1. The molecule has 1 atom stereocenters. The van der Waals surface area contributed by atoms with Crippen LogP contribution in [0.2, 0.25) is 0 Å². The third-order valence-corrected chi connectivity index (χ3v) is 2.88. The topological polar surface area (TPSA) is 41.6 Å². The maximum absolute atomic E-state index is 11.7. The molecule has 0 aromatic carbocycles. The van der Waals surface area contributed by atoms with E-state index in [1.807, 2.05) is 20.8 Å². The second kappa shape index (κ2) is 5.16. The molecule has 1 heterocycles. The van der Waals surface area contributed by atoms with Gasteiger partial charge < -0.3 is 15.0 Å². The fraction of sp³-hybridized carbons (Fsp3) is 0.900. The van der Waals surface area contributed by atoms with Gasteiger partial charge in [-0.3, -0.25) is 0 Å². The molecule has 0 aliphatic carbocycles. The van der Waals surface area contributed by atoms with Crippen LogP contribution in [0.25, 0.3) is 0 Å². The third-order valence-electron chi connectivity index (χ3n) is 2.09. The van der Waals surface area contributed by atoms with Crippen LogP contribution in [0.3, 0.4) is 0 Å². The van der Waals surface area contributed by atoms with Gasteiger partial charge in [0.25, 0.3) is 0 Å². The number of alkyl halides is 1. The lowest BCUT2D eigenvalue weighted by Crippen LogP contribution is -2.54. The SMILES string of the molecule is CC(C)(C)OC(=O)N1CCNC(CBr)C1. The Morgan fingerprint density at radius 1 is 1.60 bits per heavy atom. The van der Waals surface area contributed by atoms with E-state index in [4.69, 9.17) is 4.74 Å². The third kappa shape index (κ3) is 4.38. The van der Waals surface area contributed by atoms with Crippen molar-refractivity contribution in [2.45, 2.75) is 32.4 Å². The highest BCUT2D eigenvalue weighted by molar-refractivity contribution is 9.09. The minimum Gasteiger partial charge on any atom is -0.444 e. The van der Waals surface area contributed by atoms with Gasteiger partial charge in [-0.15, -0.1) is 0 Å². The van der Waals surface area contributed by atoms with Crippen LogP contribution in [-0.4, -0.2) is 47.6 Å². The Morgan fingerprint density at radius 2 is 2.27 bits per heavy atom. The van der Waals surface area contributed by atoms with Crippen molar-refractivity contribution in [2.24, 2.45) is 0 Å². The van der Waals surface area contributed by atoms with Crippen LogP contribution in [-0.2, 0) is 4.74 Å². The molecular formula is C10H19BrN2O2. The summed E-state index contributed by atoms with van der Waals surface area (Å²) in [6.07, 6.45) is -0.213. The average Bonchev–Trinajstić information content (AvgIpc) is 2.15.